The maximum absolute atomic E-state index is 12.1. The average molecular weight is 363 g/mol. The van der Waals surface area contributed by atoms with Crippen molar-refractivity contribution in [3.63, 3.8) is 0 Å². The molecule has 4 amide bonds. The van der Waals surface area contributed by atoms with Crippen LogP contribution in [0.2, 0.25) is 0 Å². The van der Waals surface area contributed by atoms with Gasteiger partial charge in [-0.2, -0.15) is 0 Å². The van der Waals surface area contributed by atoms with Gasteiger partial charge < -0.3 is 10.6 Å². The van der Waals surface area contributed by atoms with Gasteiger partial charge in [0.15, 0.2) is 0 Å². The Bertz CT molecular complexity index is 696. The molecule has 1 fully saturated rings. The highest BCUT2D eigenvalue weighted by Crippen LogP contribution is 2.29. The van der Waals surface area contributed by atoms with E-state index in [1.54, 1.807) is 12.1 Å². The summed E-state index contributed by atoms with van der Waals surface area (Å²) in [5, 5.41) is 4.70. The van der Waals surface area contributed by atoms with Crippen molar-refractivity contribution in [3.8, 4) is 0 Å². The van der Waals surface area contributed by atoms with E-state index < -0.39 is 11.8 Å². The molecule has 0 atom stereocenters. The van der Waals surface area contributed by atoms with Crippen LogP contribution in [0.4, 0.5) is 10.5 Å². The molecule has 1 aliphatic rings. The molecule has 7 nitrogen and oxygen atoms in total. The lowest BCUT2D eigenvalue weighted by Gasteiger charge is -2.22. The van der Waals surface area contributed by atoms with Crippen molar-refractivity contribution < 1.29 is 19.2 Å². The molecule has 0 spiro atoms. The Kier molecular flexibility index (Phi) is 5.84. The summed E-state index contributed by atoms with van der Waals surface area (Å²) in [4.78, 5) is 48.0. The van der Waals surface area contributed by atoms with E-state index in [-0.39, 0.29) is 35.4 Å². The van der Waals surface area contributed by atoms with Crippen LogP contribution >= 0.6 is 11.8 Å². The third-order valence-electron chi connectivity index (χ3n) is 3.65. The van der Waals surface area contributed by atoms with E-state index in [9.17, 15) is 19.2 Å². The van der Waals surface area contributed by atoms with Crippen LogP contribution in [0.15, 0.2) is 24.3 Å². The lowest BCUT2D eigenvalue weighted by atomic mass is 9.86. The van der Waals surface area contributed by atoms with Gasteiger partial charge >= 0.3 is 11.8 Å². The SMILES string of the molecule is CC(C)(C)c1ccccc1NC(=O)C(=O)NCCN1C(=O)CSC1=O. The van der Waals surface area contributed by atoms with Gasteiger partial charge in [-0.15, -0.1) is 0 Å². The average Bonchev–Trinajstić information content (AvgIpc) is 2.86. The molecule has 1 saturated heterocycles. The van der Waals surface area contributed by atoms with Crippen molar-refractivity contribution in [3.05, 3.63) is 29.8 Å². The fraction of sp³-hybridized carbons (Fsp3) is 0.412. The van der Waals surface area contributed by atoms with Crippen LogP contribution in [0.5, 0.6) is 0 Å². The molecule has 0 unspecified atom stereocenters. The van der Waals surface area contributed by atoms with Crippen LogP contribution in [-0.2, 0) is 19.8 Å². The molecule has 1 aromatic carbocycles. The molecule has 2 rings (SSSR count). The zero-order chi connectivity index (χ0) is 18.6. The number of amides is 4. The van der Waals surface area contributed by atoms with E-state index in [0.717, 1.165) is 22.2 Å². The summed E-state index contributed by atoms with van der Waals surface area (Å²) >= 11 is 0.930. The van der Waals surface area contributed by atoms with Gasteiger partial charge in [-0.3, -0.25) is 24.1 Å². The molecule has 2 N–H and O–H groups in total. The molecule has 8 heteroatoms. The largest absolute Gasteiger partial charge is 0.346 e. The van der Waals surface area contributed by atoms with Crippen LogP contribution in [-0.4, -0.2) is 46.7 Å². The Morgan fingerprint density at radius 2 is 1.84 bits per heavy atom. The topological polar surface area (TPSA) is 95.6 Å². The number of hydrogen-bond acceptors (Lipinski definition) is 5. The van der Waals surface area contributed by atoms with E-state index in [4.69, 9.17) is 0 Å². The van der Waals surface area contributed by atoms with E-state index in [2.05, 4.69) is 10.6 Å². The number of hydrogen-bond donors (Lipinski definition) is 2. The highest BCUT2D eigenvalue weighted by Gasteiger charge is 2.29. The molecule has 134 valence electrons. The number of nitrogens with one attached hydrogen (secondary N) is 2. The minimum Gasteiger partial charge on any atom is -0.346 e. The molecule has 1 aliphatic heterocycles. The molecule has 1 aromatic rings. The van der Waals surface area contributed by atoms with Gasteiger partial charge in [0.25, 0.3) is 5.24 Å². The van der Waals surface area contributed by atoms with Gasteiger partial charge in [0.2, 0.25) is 5.91 Å². The van der Waals surface area contributed by atoms with Crippen molar-refractivity contribution in [2.24, 2.45) is 0 Å². The van der Waals surface area contributed by atoms with E-state index >= 15 is 0 Å². The number of benzene rings is 1. The summed E-state index contributed by atoms with van der Waals surface area (Å²) < 4.78 is 0. The molecule has 0 bridgehead atoms. The Morgan fingerprint density at radius 1 is 1.16 bits per heavy atom. The molecule has 1 heterocycles. The quantitative estimate of drug-likeness (QED) is 0.795. The number of carbonyl (C=O) groups is 4. The maximum atomic E-state index is 12.1. The van der Waals surface area contributed by atoms with Gasteiger partial charge in [0.05, 0.1) is 5.75 Å². The van der Waals surface area contributed by atoms with Crippen LogP contribution in [0.25, 0.3) is 0 Å². The minimum absolute atomic E-state index is 0.0329. The van der Waals surface area contributed by atoms with Crippen molar-refractivity contribution in [1.29, 1.82) is 0 Å². The normalized spacial score (nSPS) is 14.6. The summed E-state index contributed by atoms with van der Waals surface area (Å²) in [5.74, 6) is -1.76. The number of thioether (sulfide) groups is 1. The predicted molar refractivity (Wildman–Crippen MR) is 96.3 cm³/mol. The molecule has 0 radical (unpaired) electrons. The van der Waals surface area contributed by atoms with Gasteiger partial charge in [-0.05, 0) is 17.0 Å². The second-order valence-corrected chi connectivity index (χ2v) is 7.53. The lowest BCUT2D eigenvalue weighted by molar-refractivity contribution is -0.136. The van der Waals surface area contributed by atoms with E-state index in [0.29, 0.717) is 5.69 Å². The van der Waals surface area contributed by atoms with Gasteiger partial charge in [0.1, 0.15) is 0 Å². The first-order valence-corrected chi connectivity index (χ1v) is 8.84. The van der Waals surface area contributed by atoms with Crippen molar-refractivity contribution in [2.45, 2.75) is 26.2 Å². The second-order valence-electron chi connectivity index (χ2n) is 6.61. The van der Waals surface area contributed by atoms with Gasteiger partial charge in [0, 0.05) is 18.8 Å². The molecule has 25 heavy (non-hydrogen) atoms. The van der Waals surface area contributed by atoms with Crippen LogP contribution < -0.4 is 10.6 Å². The van der Waals surface area contributed by atoms with E-state index in [1.807, 2.05) is 32.9 Å². The van der Waals surface area contributed by atoms with Crippen LogP contribution in [0.3, 0.4) is 0 Å². The summed E-state index contributed by atoms with van der Waals surface area (Å²) in [6, 6.07) is 7.30. The predicted octanol–water partition coefficient (Wildman–Crippen LogP) is 1.73. The first-order valence-electron chi connectivity index (χ1n) is 7.86. The Morgan fingerprint density at radius 3 is 2.44 bits per heavy atom. The third kappa shape index (κ3) is 4.82. The zero-order valence-corrected chi connectivity index (χ0v) is 15.2. The van der Waals surface area contributed by atoms with Crippen molar-refractivity contribution >= 4 is 40.4 Å². The summed E-state index contributed by atoms with van der Waals surface area (Å²) in [6.45, 7) is 6.13. The second kappa shape index (κ2) is 7.69. The molecule has 0 aromatic heterocycles. The fourth-order valence-corrected chi connectivity index (χ4v) is 3.14. The number of rotatable bonds is 4. The molecule has 0 saturated carbocycles. The first kappa shape index (κ1) is 19.0. The van der Waals surface area contributed by atoms with Crippen molar-refractivity contribution in [1.82, 2.24) is 10.2 Å². The monoisotopic (exact) mass is 363 g/mol. The molecule has 0 aliphatic carbocycles. The Labute approximate surface area is 150 Å². The van der Waals surface area contributed by atoms with Gasteiger partial charge in [-0.1, -0.05) is 50.7 Å². The third-order valence-corrected chi connectivity index (χ3v) is 4.51. The maximum Gasteiger partial charge on any atom is 0.313 e. The Balaban J connectivity index is 1.90. The highest BCUT2D eigenvalue weighted by molar-refractivity contribution is 8.14. The molecular weight excluding hydrogens is 342 g/mol. The molecular formula is C17H21N3O4S. The van der Waals surface area contributed by atoms with E-state index in [1.165, 1.54) is 0 Å². The minimum atomic E-state index is -0.810. The number of imide groups is 1. The lowest BCUT2D eigenvalue weighted by Crippen LogP contribution is -2.41. The number of para-hydroxylation sites is 1. The summed E-state index contributed by atoms with van der Waals surface area (Å²) in [5.41, 5.74) is 1.31. The summed E-state index contributed by atoms with van der Waals surface area (Å²) in [6.07, 6.45) is 0. The zero-order valence-electron chi connectivity index (χ0n) is 14.4. The number of nitrogens with zero attached hydrogens (tertiary/aromatic N) is 1. The number of anilines is 1. The smallest absolute Gasteiger partial charge is 0.313 e. The standard InChI is InChI=1S/C17H21N3O4S/c1-17(2,3)11-6-4-5-7-12(11)19-15(23)14(22)18-8-9-20-13(21)10-25-16(20)24/h4-7H,8-10H2,1-3H3,(H,18,22)(H,19,23). The highest BCUT2D eigenvalue weighted by atomic mass is 32.2. The first-order chi connectivity index (χ1) is 11.7. The van der Waals surface area contributed by atoms with Crippen molar-refractivity contribution in [2.75, 3.05) is 24.2 Å². The fourth-order valence-electron chi connectivity index (χ4n) is 2.38. The summed E-state index contributed by atoms with van der Waals surface area (Å²) in [7, 11) is 0. The van der Waals surface area contributed by atoms with Crippen LogP contribution in [0, 0.1) is 0 Å². The van der Waals surface area contributed by atoms with Gasteiger partial charge in [-0.25, -0.2) is 0 Å². The number of carbonyl (C=O) groups excluding carboxylic acids is 4. The van der Waals surface area contributed by atoms with Crippen LogP contribution in [0.1, 0.15) is 26.3 Å². The Hall–Kier alpha value is -2.35.